The normalized spacial score (nSPS) is 12.0. The minimum atomic E-state index is 1.21. The first-order chi connectivity index (χ1) is 29.8. The van der Waals surface area contributed by atoms with Crippen LogP contribution in [0.15, 0.2) is 218 Å². The molecule has 0 radical (unpaired) electrons. The molecule has 11 aromatic carbocycles. The minimum Gasteiger partial charge on any atom is -0.0622 e. The van der Waals surface area contributed by atoms with E-state index in [0.29, 0.717) is 0 Å². The highest BCUT2D eigenvalue weighted by atomic mass is 14.3. The lowest BCUT2D eigenvalue weighted by Gasteiger charge is -2.21. The van der Waals surface area contributed by atoms with Gasteiger partial charge in [-0.25, -0.2) is 0 Å². The van der Waals surface area contributed by atoms with Gasteiger partial charge in [-0.2, -0.15) is 0 Å². The zero-order valence-electron chi connectivity index (χ0n) is 32.8. The summed E-state index contributed by atoms with van der Waals surface area (Å²) in [5, 5.41) is 7.80. The largest absolute Gasteiger partial charge is 0.0622 e. The molecule has 0 aliphatic heterocycles. The van der Waals surface area contributed by atoms with Gasteiger partial charge in [0.2, 0.25) is 0 Å². The molecule has 0 heteroatoms. The molecule has 0 saturated carbocycles. The first-order valence-corrected chi connectivity index (χ1v) is 20.9. The van der Waals surface area contributed by atoms with Gasteiger partial charge in [0.1, 0.15) is 0 Å². The van der Waals surface area contributed by atoms with Crippen LogP contribution in [0, 0.1) is 0 Å². The van der Waals surface area contributed by atoms with E-state index in [1.165, 1.54) is 132 Å². The van der Waals surface area contributed by atoms with Crippen molar-refractivity contribution in [2.75, 3.05) is 0 Å². The van der Waals surface area contributed by atoms with Crippen molar-refractivity contribution in [3.8, 4) is 100 Å². The summed E-state index contributed by atoms with van der Waals surface area (Å²) in [5.74, 6) is 0. The van der Waals surface area contributed by atoms with Gasteiger partial charge in [-0.15, -0.1) is 0 Å². The Kier molecular flexibility index (Phi) is 7.11. The van der Waals surface area contributed by atoms with E-state index in [4.69, 9.17) is 0 Å². The van der Waals surface area contributed by atoms with Crippen LogP contribution in [0.2, 0.25) is 0 Å². The summed E-state index contributed by atoms with van der Waals surface area (Å²) in [6, 6.07) is 81.2. The van der Waals surface area contributed by atoms with Gasteiger partial charge in [-0.05, 0) is 145 Å². The third kappa shape index (κ3) is 4.73. The maximum absolute atomic E-state index is 2.46. The van der Waals surface area contributed by atoms with Gasteiger partial charge < -0.3 is 0 Å². The molecule has 276 valence electrons. The molecule has 11 aromatic rings. The van der Waals surface area contributed by atoms with E-state index < -0.39 is 0 Å². The summed E-state index contributed by atoms with van der Waals surface area (Å²) in [6.45, 7) is 0. The highest BCUT2D eigenvalue weighted by Gasteiger charge is 2.32. The van der Waals surface area contributed by atoms with Crippen molar-refractivity contribution in [3.05, 3.63) is 218 Å². The topological polar surface area (TPSA) is 0 Å². The highest BCUT2D eigenvalue weighted by Crippen LogP contribution is 2.59. The lowest BCUT2D eigenvalue weighted by Crippen LogP contribution is -1.94. The summed E-state index contributed by atoms with van der Waals surface area (Å²) in [7, 11) is 0. The Labute approximate surface area is 349 Å². The lowest BCUT2D eigenvalue weighted by atomic mass is 9.81. The van der Waals surface area contributed by atoms with Crippen molar-refractivity contribution in [1.29, 1.82) is 0 Å². The Morgan fingerprint density at radius 2 is 0.667 bits per heavy atom. The molecule has 0 saturated heterocycles. The fraction of sp³-hybridized carbons (Fsp3) is 0. The summed E-state index contributed by atoms with van der Waals surface area (Å²) in [5.41, 5.74) is 23.0. The van der Waals surface area contributed by atoms with Gasteiger partial charge in [0, 0.05) is 0 Å². The number of hydrogen-bond donors (Lipinski definition) is 0. The standard InChI is InChI=1S/C60H36/c1-4-15-37(16-5-1)43-23-10-11-24-44(43)42-30-32-50-54(36-42)57(40-19-8-3-9-20-40)59-51-28-14-27-47-45(33-34-52(58(47)51)60(59)56(50)39-17-6-2-7-18-39)41-29-31-46-48-25-12-21-38-22-13-26-49(55(38)48)53(46)35-41/h1-36H. The number of fused-ring (bicyclic) bond motifs is 7. The van der Waals surface area contributed by atoms with Crippen LogP contribution in [-0.2, 0) is 0 Å². The van der Waals surface area contributed by atoms with E-state index in [9.17, 15) is 0 Å². The van der Waals surface area contributed by atoms with Crippen LogP contribution >= 0.6 is 0 Å². The molecule has 0 heterocycles. The van der Waals surface area contributed by atoms with E-state index >= 15 is 0 Å². The zero-order valence-corrected chi connectivity index (χ0v) is 32.8. The molecule has 0 aromatic heterocycles. The summed E-state index contributed by atoms with van der Waals surface area (Å²) < 4.78 is 0. The first-order valence-electron chi connectivity index (χ1n) is 20.9. The molecule has 2 aliphatic rings. The predicted octanol–water partition coefficient (Wildman–Crippen LogP) is 16.8. The summed E-state index contributed by atoms with van der Waals surface area (Å²) in [6.07, 6.45) is 0. The third-order valence-corrected chi connectivity index (χ3v) is 13.2. The maximum Gasteiger partial charge on any atom is -0.000741 e. The van der Waals surface area contributed by atoms with Crippen molar-refractivity contribution < 1.29 is 0 Å². The number of benzene rings is 11. The highest BCUT2D eigenvalue weighted by molar-refractivity contribution is 6.29. The minimum absolute atomic E-state index is 1.21. The van der Waals surface area contributed by atoms with Crippen LogP contribution in [-0.4, -0.2) is 0 Å². The van der Waals surface area contributed by atoms with Crippen LogP contribution in [0.5, 0.6) is 0 Å². The number of rotatable bonds is 5. The number of hydrogen-bond acceptors (Lipinski definition) is 0. The monoisotopic (exact) mass is 756 g/mol. The Hall–Kier alpha value is -7.80. The lowest BCUT2D eigenvalue weighted by molar-refractivity contribution is 1.58. The van der Waals surface area contributed by atoms with Crippen LogP contribution in [0.3, 0.4) is 0 Å². The Morgan fingerprint density at radius 3 is 1.37 bits per heavy atom. The van der Waals surface area contributed by atoms with Crippen molar-refractivity contribution in [2.45, 2.75) is 0 Å². The molecule has 0 fully saturated rings. The van der Waals surface area contributed by atoms with Crippen molar-refractivity contribution in [3.63, 3.8) is 0 Å². The molecular weight excluding hydrogens is 721 g/mol. The van der Waals surface area contributed by atoms with E-state index in [1.807, 2.05) is 0 Å². The van der Waals surface area contributed by atoms with E-state index in [2.05, 4.69) is 218 Å². The molecule has 2 aliphatic carbocycles. The van der Waals surface area contributed by atoms with Crippen molar-refractivity contribution in [1.82, 2.24) is 0 Å². The van der Waals surface area contributed by atoms with Crippen molar-refractivity contribution >= 4 is 32.3 Å². The molecule has 60 heavy (non-hydrogen) atoms. The molecule has 0 bridgehead atoms. The molecule has 0 spiro atoms. The molecule has 0 nitrogen and oxygen atoms in total. The molecule has 0 N–H and O–H groups in total. The Balaban J connectivity index is 1.10. The average molecular weight is 757 g/mol. The molecule has 0 amide bonds. The average Bonchev–Trinajstić information content (AvgIpc) is 3.83. The van der Waals surface area contributed by atoms with E-state index in [-0.39, 0.29) is 0 Å². The fourth-order valence-electron chi connectivity index (χ4n) is 10.6. The smallest absolute Gasteiger partial charge is 0.000741 e. The molecule has 13 rings (SSSR count). The van der Waals surface area contributed by atoms with Crippen LogP contribution in [0.4, 0.5) is 0 Å². The zero-order chi connectivity index (χ0) is 39.3. The van der Waals surface area contributed by atoms with Crippen LogP contribution in [0.1, 0.15) is 0 Å². The van der Waals surface area contributed by atoms with Gasteiger partial charge in [-0.1, -0.05) is 206 Å². The third-order valence-electron chi connectivity index (χ3n) is 13.2. The molecule has 0 atom stereocenters. The van der Waals surface area contributed by atoms with Gasteiger partial charge in [-0.3, -0.25) is 0 Å². The quantitative estimate of drug-likeness (QED) is 0.164. The van der Waals surface area contributed by atoms with Crippen LogP contribution < -0.4 is 0 Å². The SMILES string of the molecule is c1ccc(-c2ccccc2-c2ccc3c(-c4ccccc4)c4c(c(-c5ccccc5)c3c2)-c2cccc3c(-c5ccc6c(c5)-c5cccc7cccc-6c57)ccc-4c23)cc1. The second-order valence-electron chi connectivity index (χ2n) is 16.3. The Morgan fingerprint density at radius 1 is 0.183 bits per heavy atom. The summed E-state index contributed by atoms with van der Waals surface area (Å²) >= 11 is 0. The molecule has 0 unspecified atom stereocenters. The predicted molar refractivity (Wildman–Crippen MR) is 255 cm³/mol. The van der Waals surface area contributed by atoms with Gasteiger partial charge in [0.05, 0.1) is 0 Å². The fourth-order valence-corrected chi connectivity index (χ4v) is 10.6. The van der Waals surface area contributed by atoms with E-state index in [1.54, 1.807) is 0 Å². The molecular formula is C60H36. The second-order valence-corrected chi connectivity index (χ2v) is 16.3. The van der Waals surface area contributed by atoms with Gasteiger partial charge in [0.15, 0.2) is 0 Å². The maximum atomic E-state index is 2.46. The van der Waals surface area contributed by atoms with Gasteiger partial charge >= 0.3 is 0 Å². The van der Waals surface area contributed by atoms with Gasteiger partial charge in [0.25, 0.3) is 0 Å². The Bertz CT molecular complexity index is 3550. The van der Waals surface area contributed by atoms with E-state index in [0.717, 1.165) is 0 Å². The van der Waals surface area contributed by atoms with Crippen molar-refractivity contribution in [2.24, 2.45) is 0 Å². The second kappa shape index (κ2) is 12.9. The summed E-state index contributed by atoms with van der Waals surface area (Å²) in [4.78, 5) is 0. The van der Waals surface area contributed by atoms with Crippen LogP contribution in [0.25, 0.3) is 132 Å². The first kappa shape index (κ1) is 33.2.